The molecule has 1 saturated carbocycles. The Labute approximate surface area is 93.3 Å². The fraction of sp³-hybridized carbons (Fsp3) is 0.500. The Balaban J connectivity index is 2.00. The second kappa shape index (κ2) is 4.36. The molecule has 0 spiro atoms. The van der Waals surface area contributed by atoms with E-state index in [-0.39, 0.29) is 5.91 Å². The zero-order valence-corrected chi connectivity index (χ0v) is 9.56. The Hall–Kier alpha value is -0.480. The van der Waals surface area contributed by atoms with Crippen LogP contribution in [0.15, 0.2) is 16.8 Å². The second-order valence-corrected chi connectivity index (χ2v) is 4.64. The summed E-state index contributed by atoms with van der Waals surface area (Å²) in [7, 11) is 0. The van der Waals surface area contributed by atoms with Gasteiger partial charge >= 0.3 is 0 Å². The van der Waals surface area contributed by atoms with Gasteiger partial charge in [0.2, 0.25) is 5.91 Å². The summed E-state index contributed by atoms with van der Waals surface area (Å²) in [4.78, 5) is 13.5. The molecule has 1 aromatic rings. The molecule has 1 heterocycles. The van der Waals surface area contributed by atoms with Crippen LogP contribution in [0.5, 0.6) is 0 Å². The summed E-state index contributed by atoms with van der Waals surface area (Å²) in [6.45, 7) is 0.757. The largest absolute Gasteiger partial charge is 0.335 e. The van der Waals surface area contributed by atoms with Crippen LogP contribution < -0.4 is 0 Å². The van der Waals surface area contributed by atoms with Gasteiger partial charge in [-0.2, -0.15) is 24.0 Å². The van der Waals surface area contributed by atoms with Crippen LogP contribution in [0, 0.1) is 0 Å². The molecule has 2 rings (SSSR count). The molecule has 0 bridgehead atoms. The maximum atomic E-state index is 11.6. The molecule has 1 aliphatic carbocycles. The van der Waals surface area contributed by atoms with Gasteiger partial charge in [0.25, 0.3) is 0 Å². The van der Waals surface area contributed by atoms with E-state index in [1.54, 1.807) is 11.3 Å². The van der Waals surface area contributed by atoms with Gasteiger partial charge in [0.05, 0.1) is 5.75 Å². The average molecular weight is 227 g/mol. The lowest BCUT2D eigenvalue weighted by Gasteiger charge is -2.20. The SMILES string of the molecule is O=C(CS)N(Cc1ccsc1)C1CC1. The number of amides is 1. The molecule has 0 N–H and O–H groups in total. The zero-order valence-electron chi connectivity index (χ0n) is 7.85. The first-order valence-corrected chi connectivity index (χ1v) is 6.30. The van der Waals surface area contributed by atoms with Gasteiger partial charge in [-0.3, -0.25) is 4.79 Å². The van der Waals surface area contributed by atoms with Crippen molar-refractivity contribution in [3.63, 3.8) is 0 Å². The van der Waals surface area contributed by atoms with Crippen molar-refractivity contribution in [2.45, 2.75) is 25.4 Å². The minimum absolute atomic E-state index is 0.155. The number of carbonyl (C=O) groups excluding carboxylic acids is 1. The smallest absolute Gasteiger partial charge is 0.232 e. The van der Waals surface area contributed by atoms with E-state index in [1.807, 2.05) is 10.3 Å². The predicted molar refractivity (Wildman–Crippen MR) is 61.7 cm³/mol. The van der Waals surface area contributed by atoms with Gasteiger partial charge in [-0.05, 0) is 35.2 Å². The van der Waals surface area contributed by atoms with Crippen molar-refractivity contribution in [1.29, 1.82) is 0 Å². The second-order valence-electron chi connectivity index (χ2n) is 3.54. The summed E-state index contributed by atoms with van der Waals surface area (Å²) >= 11 is 5.72. The maximum Gasteiger partial charge on any atom is 0.232 e. The van der Waals surface area contributed by atoms with Crippen molar-refractivity contribution in [2.24, 2.45) is 0 Å². The minimum Gasteiger partial charge on any atom is -0.335 e. The Morgan fingerprint density at radius 3 is 2.93 bits per heavy atom. The van der Waals surface area contributed by atoms with Gasteiger partial charge in [0, 0.05) is 12.6 Å². The van der Waals surface area contributed by atoms with Crippen LogP contribution in [0.2, 0.25) is 0 Å². The molecular weight excluding hydrogens is 214 g/mol. The van der Waals surface area contributed by atoms with Crippen LogP contribution in [-0.2, 0) is 11.3 Å². The van der Waals surface area contributed by atoms with E-state index in [0.29, 0.717) is 11.8 Å². The molecule has 1 aliphatic rings. The normalized spacial score (nSPS) is 15.5. The first kappa shape index (κ1) is 10.1. The van der Waals surface area contributed by atoms with Crippen LogP contribution in [0.1, 0.15) is 18.4 Å². The molecule has 0 unspecified atom stereocenters. The van der Waals surface area contributed by atoms with Crippen LogP contribution in [0.25, 0.3) is 0 Å². The number of nitrogens with zero attached hydrogens (tertiary/aromatic N) is 1. The summed E-state index contributed by atoms with van der Waals surface area (Å²) in [5.41, 5.74) is 1.23. The van der Waals surface area contributed by atoms with E-state index in [4.69, 9.17) is 0 Å². The Morgan fingerprint density at radius 1 is 1.64 bits per heavy atom. The molecular formula is C10H13NOS2. The third-order valence-electron chi connectivity index (χ3n) is 2.38. The molecule has 0 aliphatic heterocycles. The highest BCUT2D eigenvalue weighted by Gasteiger charge is 2.31. The quantitative estimate of drug-likeness (QED) is 0.782. The van der Waals surface area contributed by atoms with Gasteiger partial charge in [-0.25, -0.2) is 0 Å². The summed E-state index contributed by atoms with van der Waals surface area (Å²) in [6, 6.07) is 2.56. The highest BCUT2D eigenvalue weighted by molar-refractivity contribution is 7.81. The van der Waals surface area contributed by atoms with Crippen molar-refractivity contribution in [2.75, 3.05) is 5.75 Å². The van der Waals surface area contributed by atoms with Gasteiger partial charge in [-0.15, -0.1) is 0 Å². The third kappa shape index (κ3) is 2.30. The highest BCUT2D eigenvalue weighted by atomic mass is 32.1. The number of thiol groups is 1. The van der Waals surface area contributed by atoms with Crippen LogP contribution >= 0.6 is 24.0 Å². The lowest BCUT2D eigenvalue weighted by Crippen LogP contribution is -2.33. The van der Waals surface area contributed by atoms with Gasteiger partial charge in [0.1, 0.15) is 0 Å². The molecule has 76 valence electrons. The van der Waals surface area contributed by atoms with Crippen molar-refractivity contribution in [3.05, 3.63) is 22.4 Å². The number of thiophene rings is 1. The summed E-state index contributed by atoms with van der Waals surface area (Å²) in [5, 5.41) is 4.15. The van der Waals surface area contributed by atoms with E-state index < -0.39 is 0 Å². The topological polar surface area (TPSA) is 20.3 Å². The van der Waals surface area contributed by atoms with Crippen LogP contribution in [0.4, 0.5) is 0 Å². The van der Waals surface area contributed by atoms with Crippen molar-refractivity contribution in [3.8, 4) is 0 Å². The van der Waals surface area contributed by atoms with E-state index in [9.17, 15) is 4.79 Å². The lowest BCUT2D eigenvalue weighted by atomic mass is 10.3. The summed E-state index contributed by atoms with van der Waals surface area (Å²) < 4.78 is 0. The number of rotatable bonds is 4. The molecule has 1 aromatic heterocycles. The molecule has 4 heteroatoms. The van der Waals surface area contributed by atoms with Crippen molar-refractivity contribution >= 4 is 29.9 Å². The molecule has 1 fully saturated rings. The maximum absolute atomic E-state index is 11.6. The van der Waals surface area contributed by atoms with Crippen molar-refractivity contribution < 1.29 is 4.79 Å². The lowest BCUT2D eigenvalue weighted by molar-refractivity contribution is -0.129. The summed E-state index contributed by atoms with van der Waals surface area (Å²) in [5.74, 6) is 0.475. The molecule has 0 saturated heterocycles. The fourth-order valence-corrected chi connectivity index (χ4v) is 2.32. The van der Waals surface area contributed by atoms with Gasteiger partial charge in [-0.1, -0.05) is 0 Å². The first-order valence-electron chi connectivity index (χ1n) is 4.72. The number of carbonyl (C=O) groups is 1. The fourth-order valence-electron chi connectivity index (χ4n) is 1.48. The van der Waals surface area contributed by atoms with E-state index in [1.165, 1.54) is 5.56 Å². The molecule has 0 radical (unpaired) electrons. The third-order valence-corrected chi connectivity index (χ3v) is 3.38. The van der Waals surface area contributed by atoms with Crippen molar-refractivity contribution in [1.82, 2.24) is 4.90 Å². The molecule has 0 atom stereocenters. The molecule has 14 heavy (non-hydrogen) atoms. The highest BCUT2D eigenvalue weighted by Crippen LogP contribution is 2.28. The van der Waals surface area contributed by atoms with Gasteiger partial charge < -0.3 is 4.90 Å². The number of hydrogen-bond donors (Lipinski definition) is 1. The van der Waals surface area contributed by atoms with E-state index in [2.05, 4.69) is 24.1 Å². The monoisotopic (exact) mass is 227 g/mol. The zero-order chi connectivity index (χ0) is 9.97. The minimum atomic E-state index is 0.155. The Morgan fingerprint density at radius 2 is 2.43 bits per heavy atom. The van der Waals surface area contributed by atoms with E-state index >= 15 is 0 Å². The molecule has 1 amide bonds. The standard InChI is InChI=1S/C10H13NOS2/c12-10(6-13)11(9-1-2-9)5-8-3-4-14-7-8/h3-4,7,9,13H,1-2,5-6H2. The number of hydrogen-bond acceptors (Lipinski definition) is 3. The van der Waals surface area contributed by atoms with Crippen LogP contribution in [0.3, 0.4) is 0 Å². The first-order chi connectivity index (χ1) is 6.81. The summed E-state index contributed by atoms with van der Waals surface area (Å²) in [6.07, 6.45) is 2.31. The Bertz CT molecular complexity index is 306. The van der Waals surface area contributed by atoms with Crippen LogP contribution in [-0.4, -0.2) is 22.6 Å². The molecule has 0 aromatic carbocycles. The Kier molecular flexibility index (Phi) is 3.13. The predicted octanol–water partition coefficient (Wildman–Crippen LogP) is 2.17. The van der Waals surface area contributed by atoms with Gasteiger partial charge in [0.15, 0.2) is 0 Å². The molecule has 2 nitrogen and oxygen atoms in total. The van der Waals surface area contributed by atoms with E-state index in [0.717, 1.165) is 19.4 Å². The average Bonchev–Trinajstić information content (AvgIpc) is 2.92.